The fraction of sp³-hybridized carbons (Fsp3) is 0.261. The molecule has 10 heteroatoms. The van der Waals surface area contributed by atoms with Crippen LogP contribution in [0.5, 0.6) is 0 Å². The van der Waals surface area contributed by atoms with E-state index < -0.39 is 10.7 Å². The molecule has 0 radical (unpaired) electrons. The van der Waals surface area contributed by atoms with Crippen molar-refractivity contribution in [3.8, 4) is 0 Å². The summed E-state index contributed by atoms with van der Waals surface area (Å²) < 4.78 is 14.6. The van der Waals surface area contributed by atoms with E-state index in [1.807, 2.05) is 4.90 Å². The standard InChI is InChI=1S/C23H22FN5O4/c1-26-9-8-25-23(26)22(31)17-4-7-19(20(15-17)29(32)33)27-10-12-28(13-11-27)21(30)14-16-2-5-18(24)6-3-16/h2-9,15H,10-14H2,1H3. The van der Waals surface area contributed by atoms with E-state index in [4.69, 9.17) is 0 Å². The van der Waals surface area contributed by atoms with Crippen molar-refractivity contribution in [1.82, 2.24) is 14.5 Å². The van der Waals surface area contributed by atoms with E-state index >= 15 is 0 Å². The Labute approximate surface area is 189 Å². The van der Waals surface area contributed by atoms with Gasteiger partial charge in [0.15, 0.2) is 5.82 Å². The van der Waals surface area contributed by atoms with Gasteiger partial charge in [0, 0.05) is 57.3 Å². The Balaban J connectivity index is 1.45. The van der Waals surface area contributed by atoms with Crippen molar-refractivity contribution < 1.29 is 18.9 Å². The summed E-state index contributed by atoms with van der Waals surface area (Å²) in [6.45, 7) is 1.65. The molecule has 4 rings (SSSR count). The molecular weight excluding hydrogens is 429 g/mol. The number of rotatable bonds is 6. The Bertz CT molecular complexity index is 1200. The molecule has 0 saturated carbocycles. The predicted molar refractivity (Wildman–Crippen MR) is 119 cm³/mol. The average molecular weight is 451 g/mol. The van der Waals surface area contributed by atoms with Gasteiger partial charge in [0.1, 0.15) is 11.5 Å². The molecule has 0 unspecified atom stereocenters. The molecule has 0 aliphatic carbocycles. The Morgan fingerprint density at radius 1 is 1.09 bits per heavy atom. The highest BCUT2D eigenvalue weighted by Gasteiger charge is 2.27. The molecule has 9 nitrogen and oxygen atoms in total. The van der Waals surface area contributed by atoms with Crippen LogP contribution in [0.4, 0.5) is 15.8 Å². The minimum Gasteiger partial charge on any atom is -0.362 e. The smallest absolute Gasteiger partial charge is 0.293 e. The number of ketones is 1. The minimum absolute atomic E-state index is 0.0771. The third kappa shape index (κ3) is 4.74. The molecule has 170 valence electrons. The number of aryl methyl sites for hydroxylation is 1. The number of aromatic nitrogens is 2. The van der Waals surface area contributed by atoms with Gasteiger partial charge in [0.2, 0.25) is 11.7 Å². The zero-order valence-corrected chi connectivity index (χ0v) is 18.0. The van der Waals surface area contributed by atoms with Gasteiger partial charge in [-0.15, -0.1) is 0 Å². The lowest BCUT2D eigenvalue weighted by Gasteiger charge is -2.36. The number of anilines is 1. The van der Waals surface area contributed by atoms with Crippen molar-refractivity contribution in [2.45, 2.75) is 6.42 Å². The minimum atomic E-state index is -0.503. The molecule has 1 fully saturated rings. The number of hydrogen-bond acceptors (Lipinski definition) is 6. The van der Waals surface area contributed by atoms with E-state index in [0.29, 0.717) is 31.9 Å². The second-order valence-corrected chi connectivity index (χ2v) is 7.82. The van der Waals surface area contributed by atoms with Crippen LogP contribution in [0.1, 0.15) is 21.7 Å². The predicted octanol–water partition coefficient (Wildman–Crippen LogP) is 2.59. The van der Waals surface area contributed by atoms with Crippen LogP contribution in [0, 0.1) is 15.9 Å². The van der Waals surface area contributed by atoms with Gasteiger partial charge in [0.25, 0.3) is 5.69 Å². The van der Waals surface area contributed by atoms with Crippen LogP contribution in [-0.2, 0) is 18.3 Å². The van der Waals surface area contributed by atoms with Crippen molar-refractivity contribution in [3.05, 3.63) is 87.7 Å². The molecule has 2 aromatic carbocycles. The SMILES string of the molecule is Cn1ccnc1C(=O)c1ccc(N2CCN(C(=O)Cc3ccc(F)cc3)CC2)c([N+](=O)[O-])c1. The van der Waals surface area contributed by atoms with Crippen molar-refractivity contribution in [2.24, 2.45) is 7.05 Å². The Morgan fingerprint density at radius 2 is 1.79 bits per heavy atom. The van der Waals surface area contributed by atoms with E-state index in [2.05, 4.69) is 4.98 Å². The summed E-state index contributed by atoms with van der Waals surface area (Å²) in [5.41, 5.74) is 1.16. The van der Waals surface area contributed by atoms with Crippen LogP contribution >= 0.6 is 0 Å². The first-order valence-corrected chi connectivity index (χ1v) is 10.4. The zero-order chi connectivity index (χ0) is 23.5. The van der Waals surface area contributed by atoms with Crippen molar-refractivity contribution in [3.63, 3.8) is 0 Å². The number of hydrogen-bond donors (Lipinski definition) is 0. The molecule has 1 saturated heterocycles. The molecule has 1 aliphatic heterocycles. The van der Waals surface area contributed by atoms with E-state index in [0.717, 1.165) is 5.56 Å². The first-order chi connectivity index (χ1) is 15.8. The maximum absolute atomic E-state index is 13.1. The Kier molecular flexibility index (Phi) is 6.16. The molecule has 3 aromatic rings. The zero-order valence-electron chi connectivity index (χ0n) is 18.0. The maximum atomic E-state index is 13.1. The third-order valence-corrected chi connectivity index (χ3v) is 5.70. The summed E-state index contributed by atoms with van der Waals surface area (Å²) in [7, 11) is 1.68. The number of amides is 1. The van der Waals surface area contributed by atoms with Gasteiger partial charge in [-0.1, -0.05) is 12.1 Å². The normalized spacial score (nSPS) is 13.8. The van der Waals surface area contributed by atoms with Gasteiger partial charge in [0.05, 0.1) is 11.3 Å². The van der Waals surface area contributed by atoms with Gasteiger partial charge in [-0.3, -0.25) is 19.7 Å². The van der Waals surface area contributed by atoms with Gasteiger partial charge in [-0.05, 0) is 29.8 Å². The van der Waals surface area contributed by atoms with Crippen LogP contribution in [-0.4, -0.2) is 57.2 Å². The number of carbonyl (C=O) groups is 2. The molecule has 0 bridgehead atoms. The van der Waals surface area contributed by atoms with E-state index in [9.17, 15) is 24.1 Å². The fourth-order valence-corrected chi connectivity index (χ4v) is 3.88. The first-order valence-electron chi connectivity index (χ1n) is 10.4. The summed E-state index contributed by atoms with van der Waals surface area (Å²) >= 11 is 0. The van der Waals surface area contributed by atoms with Crippen LogP contribution in [0.25, 0.3) is 0 Å². The number of carbonyl (C=O) groups excluding carboxylic acids is 2. The van der Waals surface area contributed by atoms with E-state index in [1.165, 1.54) is 24.4 Å². The third-order valence-electron chi connectivity index (χ3n) is 5.70. The Morgan fingerprint density at radius 3 is 2.39 bits per heavy atom. The molecule has 2 heterocycles. The van der Waals surface area contributed by atoms with Gasteiger partial charge in [-0.25, -0.2) is 9.37 Å². The molecule has 1 aromatic heterocycles. The van der Waals surface area contributed by atoms with Crippen molar-refractivity contribution in [1.29, 1.82) is 0 Å². The number of nitro groups is 1. The second kappa shape index (κ2) is 9.19. The van der Waals surface area contributed by atoms with Gasteiger partial charge in [-0.2, -0.15) is 0 Å². The number of nitro benzene ring substituents is 1. The van der Waals surface area contributed by atoms with Crippen LogP contribution in [0.3, 0.4) is 0 Å². The lowest BCUT2D eigenvalue weighted by atomic mass is 10.1. The average Bonchev–Trinajstić information content (AvgIpc) is 3.25. The maximum Gasteiger partial charge on any atom is 0.293 e. The molecular formula is C23H22FN5O4. The number of imidazole rings is 1. The number of halogens is 1. The van der Waals surface area contributed by atoms with E-state index in [1.54, 1.807) is 47.0 Å². The highest BCUT2D eigenvalue weighted by Crippen LogP contribution is 2.31. The largest absolute Gasteiger partial charge is 0.362 e. The highest BCUT2D eigenvalue weighted by molar-refractivity contribution is 6.07. The summed E-state index contributed by atoms with van der Waals surface area (Å²) in [6, 6.07) is 10.2. The highest BCUT2D eigenvalue weighted by atomic mass is 19.1. The summed E-state index contributed by atoms with van der Waals surface area (Å²) in [5, 5.41) is 11.7. The molecule has 0 atom stereocenters. The monoisotopic (exact) mass is 451 g/mol. The Hall–Kier alpha value is -4.08. The number of nitrogens with zero attached hydrogens (tertiary/aromatic N) is 5. The molecule has 1 amide bonds. The van der Waals surface area contributed by atoms with Crippen molar-refractivity contribution >= 4 is 23.1 Å². The number of piperazine rings is 1. The summed E-state index contributed by atoms with van der Waals surface area (Å²) in [5.74, 6) is -0.625. The van der Waals surface area contributed by atoms with Crippen molar-refractivity contribution in [2.75, 3.05) is 31.1 Å². The van der Waals surface area contributed by atoms with Gasteiger partial charge >= 0.3 is 0 Å². The second-order valence-electron chi connectivity index (χ2n) is 7.82. The molecule has 0 N–H and O–H groups in total. The van der Waals surface area contributed by atoms with Crippen LogP contribution in [0.2, 0.25) is 0 Å². The summed E-state index contributed by atoms with van der Waals surface area (Å²) in [6.07, 6.45) is 3.30. The molecule has 1 aliphatic rings. The first kappa shape index (κ1) is 22.1. The summed E-state index contributed by atoms with van der Waals surface area (Å²) in [4.78, 5) is 44.1. The lowest BCUT2D eigenvalue weighted by molar-refractivity contribution is -0.384. The quantitative estimate of drug-likeness (QED) is 0.324. The fourth-order valence-electron chi connectivity index (χ4n) is 3.88. The molecule has 33 heavy (non-hydrogen) atoms. The topological polar surface area (TPSA) is 102 Å². The van der Waals surface area contributed by atoms with Crippen LogP contribution < -0.4 is 4.90 Å². The van der Waals surface area contributed by atoms with Gasteiger partial charge < -0.3 is 14.4 Å². The number of benzene rings is 2. The van der Waals surface area contributed by atoms with Crippen LogP contribution in [0.15, 0.2) is 54.9 Å². The molecule has 0 spiro atoms. The lowest BCUT2D eigenvalue weighted by Crippen LogP contribution is -2.49. The van der Waals surface area contributed by atoms with E-state index in [-0.39, 0.29) is 35.2 Å².